The molecule has 7 heteroatoms. The van der Waals surface area contributed by atoms with Gasteiger partial charge in [-0.15, -0.1) is 0 Å². The Labute approximate surface area is 210 Å². The first-order valence-electron chi connectivity index (χ1n) is 11.9. The van der Waals surface area contributed by atoms with Crippen molar-refractivity contribution in [1.29, 1.82) is 5.26 Å². The van der Waals surface area contributed by atoms with Gasteiger partial charge in [0.05, 0.1) is 24.7 Å². The lowest BCUT2D eigenvalue weighted by Crippen LogP contribution is -2.21. The Bertz CT molecular complexity index is 1330. The number of hydrogen-bond acceptors (Lipinski definition) is 7. The van der Waals surface area contributed by atoms with Gasteiger partial charge in [0.2, 0.25) is 5.88 Å². The molecule has 0 aromatic heterocycles. The van der Waals surface area contributed by atoms with Gasteiger partial charge in [-0.1, -0.05) is 38.1 Å². The van der Waals surface area contributed by atoms with Crippen LogP contribution in [-0.2, 0) is 0 Å². The van der Waals surface area contributed by atoms with Crippen LogP contribution in [0.5, 0.6) is 23.0 Å². The summed E-state index contributed by atoms with van der Waals surface area (Å²) in [6.07, 6.45) is 1.75. The van der Waals surface area contributed by atoms with Crippen molar-refractivity contribution in [1.82, 2.24) is 0 Å². The fraction of sp³-hybridized carbons (Fsp3) is 0.241. The Morgan fingerprint density at radius 3 is 2.33 bits per heavy atom. The zero-order valence-electron chi connectivity index (χ0n) is 20.3. The number of fused-ring (bicyclic) bond motifs is 1. The SMILES string of the molecule is CCCOc1cccc(C(=O)Oc2ccc3c(c2)OC(N)=C(C#N)C3c2cccc(OCCC)c2)c1. The quantitative estimate of drug-likeness (QED) is 0.307. The third kappa shape index (κ3) is 5.44. The van der Waals surface area contributed by atoms with Gasteiger partial charge in [0.1, 0.15) is 34.6 Å². The van der Waals surface area contributed by atoms with Gasteiger partial charge in [0.25, 0.3) is 0 Å². The smallest absolute Gasteiger partial charge is 0.343 e. The molecule has 0 spiro atoms. The van der Waals surface area contributed by atoms with Crippen molar-refractivity contribution >= 4 is 5.97 Å². The monoisotopic (exact) mass is 484 g/mol. The van der Waals surface area contributed by atoms with E-state index in [1.807, 2.05) is 38.1 Å². The van der Waals surface area contributed by atoms with Gasteiger partial charge in [-0.25, -0.2) is 4.79 Å². The van der Waals surface area contributed by atoms with Crippen LogP contribution in [0.25, 0.3) is 0 Å². The number of carbonyl (C=O) groups is 1. The number of nitrogens with zero attached hydrogens (tertiary/aromatic N) is 1. The van der Waals surface area contributed by atoms with Crippen molar-refractivity contribution in [3.63, 3.8) is 0 Å². The van der Waals surface area contributed by atoms with E-state index in [9.17, 15) is 10.1 Å². The molecule has 0 amide bonds. The summed E-state index contributed by atoms with van der Waals surface area (Å²) in [7, 11) is 0. The molecule has 0 aliphatic carbocycles. The number of nitrogens with two attached hydrogens (primary N) is 1. The number of benzene rings is 3. The van der Waals surface area contributed by atoms with Gasteiger partial charge >= 0.3 is 5.97 Å². The highest BCUT2D eigenvalue weighted by atomic mass is 16.5. The Kier molecular flexibility index (Phi) is 7.76. The second-order valence-electron chi connectivity index (χ2n) is 8.31. The second-order valence-corrected chi connectivity index (χ2v) is 8.31. The summed E-state index contributed by atoms with van der Waals surface area (Å²) in [5, 5.41) is 9.83. The molecule has 2 N–H and O–H groups in total. The number of esters is 1. The third-order valence-electron chi connectivity index (χ3n) is 5.61. The highest BCUT2D eigenvalue weighted by Crippen LogP contribution is 2.44. The fourth-order valence-electron chi connectivity index (χ4n) is 3.94. The highest BCUT2D eigenvalue weighted by molar-refractivity contribution is 5.91. The minimum Gasteiger partial charge on any atom is -0.494 e. The zero-order chi connectivity index (χ0) is 25.5. The predicted octanol–water partition coefficient (Wildman–Crippen LogP) is 5.70. The van der Waals surface area contributed by atoms with Gasteiger partial charge in [0.15, 0.2) is 0 Å². The first-order chi connectivity index (χ1) is 17.5. The van der Waals surface area contributed by atoms with Gasteiger partial charge in [-0.2, -0.15) is 5.26 Å². The van der Waals surface area contributed by atoms with Crippen molar-refractivity contribution in [3.05, 3.63) is 94.9 Å². The van der Waals surface area contributed by atoms with Crippen LogP contribution in [0.1, 0.15) is 54.1 Å². The average Bonchev–Trinajstić information content (AvgIpc) is 2.90. The van der Waals surface area contributed by atoms with Crippen LogP contribution in [-0.4, -0.2) is 19.2 Å². The Morgan fingerprint density at radius 2 is 1.64 bits per heavy atom. The van der Waals surface area contributed by atoms with E-state index >= 15 is 0 Å². The van der Waals surface area contributed by atoms with Crippen LogP contribution in [0.4, 0.5) is 0 Å². The molecule has 0 saturated carbocycles. The molecule has 3 aromatic carbocycles. The molecule has 1 unspecified atom stereocenters. The standard InChI is InChI=1S/C29H28N2O5/c1-3-13-33-21-9-5-7-19(15-21)27-24-12-11-23(17-26(24)36-28(31)25(27)18-30)35-29(32)20-8-6-10-22(16-20)34-14-4-2/h5-12,15-17,27H,3-4,13-14,31H2,1-2H3. The zero-order valence-corrected chi connectivity index (χ0v) is 20.3. The molecule has 0 radical (unpaired) electrons. The van der Waals surface area contributed by atoms with E-state index in [1.165, 1.54) is 0 Å². The third-order valence-corrected chi connectivity index (χ3v) is 5.61. The van der Waals surface area contributed by atoms with E-state index in [-0.39, 0.29) is 5.88 Å². The number of nitriles is 1. The van der Waals surface area contributed by atoms with Gasteiger partial charge in [-0.3, -0.25) is 0 Å². The predicted molar refractivity (Wildman–Crippen MR) is 135 cm³/mol. The lowest BCUT2D eigenvalue weighted by molar-refractivity contribution is 0.0734. The number of allylic oxidation sites excluding steroid dienone is 1. The molecule has 4 rings (SSSR count). The van der Waals surface area contributed by atoms with Crippen molar-refractivity contribution in [2.45, 2.75) is 32.6 Å². The molecule has 1 aliphatic heterocycles. The van der Waals surface area contributed by atoms with Crippen LogP contribution in [0.15, 0.2) is 78.2 Å². The minimum atomic E-state index is -0.522. The van der Waals surface area contributed by atoms with Crippen LogP contribution in [0.3, 0.4) is 0 Å². The summed E-state index contributed by atoms with van der Waals surface area (Å²) in [4.78, 5) is 12.8. The largest absolute Gasteiger partial charge is 0.494 e. The van der Waals surface area contributed by atoms with E-state index < -0.39 is 11.9 Å². The summed E-state index contributed by atoms with van der Waals surface area (Å²) >= 11 is 0. The Morgan fingerprint density at radius 1 is 0.944 bits per heavy atom. The summed E-state index contributed by atoms with van der Waals surface area (Å²) in [5.74, 6) is 1.09. The Balaban J connectivity index is 1.61. The van der Waals surface area contributed by atoms with Crippen molar-refractivity contribution < 1.29 is 23.7 Å². The topological polar surface area (TPSA) is 104 Å². The molecule has 0 fully saturated rings. The summed E-state index contributed by atoms with van der Waals surface area (Å²) in [6, 6.07) is 21.7. The normalized spacial score (nSPS) is 14.3. The molecule has 1 atom stereocenters. The number of hydrogen-bond donors (Lipinski definition) is 1. The molecule has 0 bridgehead atoms. The molecular weight excluding hydrogens is 456 g/mol. The number of ether oxygens (including phenoxy) is 4. The van der Waals surface area contributed by atoms with Crippen molar-refractivity contribution in [3.8, 4) is 29.1 Å². The van der Waals surface area contributed by atoms with Crippen molar-refractivity contribution in [2.75, 3.05) is 13.2 Å². The molecule has 36 heavy (non-hydrogen) atoms. The van der Waals surface area contributed by atoms with Crippen LogP contribution in [0, 0.1) is 11.3 Å². The highest BCUT2D eigenvalue weighted by Gasteiger charge is 2.31. The lowest BCUT2D eigenvalue weighted by atomic mass is 9.83. The first-order valence-corrected chi connectivity index (χ1v) is 11.9. The maximum atomic E-state index is 12.8. The van der Waals surface area contributed by atoms with Crippen molar-refractivity contribution in [2.24, 2.45) is 5.73 Å². The first kappa shape index (κ1) is 24.7. The molecule has 1 heterocycles. The van der Waals surface area contributed by atoms with Crippen LogP contribution < -0.4 is 24.7 Å². The molecular formula is C29H28N2O5. The van der Waals surface area contributed by atoms with E-state index in [0.717, 1.165) is 24.0 Å². The second kappa shape index (κ2) is 11.3. The maximum Gasteiger partial charge on any atom is 0.343 e. The summed E-state index contributed by atoms with van der Waals surface area (Å²) in [5.41, 5.74) is 8.40. The van der Waals surface area contributed by atoms with Crippen LogP contribution >= 0.6 is 0 Å². The lowest BCUT2D eigenvalue weighted by Gasteiger charge is -2.27. The molecule has 184 valence electrons. The summed E-state index contributed by atoms with van der Waals surface area (Å²) in [6.45, 7) is 5.21. The molecule has 3 aromatic rings. The molecule has 7 nitrogen and oxygen atoms in total. The Hall–Kier alpha value is -4.44. The van der Waals surface area contributed by atoms with E-state index in [0.29, 0.717) is 47.3 Å². The number of carbonyl (C=O) groups excluding carboxylic acids is 1. The summed E-state index contributed by atoms with van der Waals surface area (Å²) < 4.78 is 22.8. The average molecular weight is 485 g/mol. The van der Waals surface area contributed by atoms with Crippen LogP contribution in [0.2, 0.25) is 0 Å². The van der Waals surface area contributed by atoms with Gasteiger partial charge < -0.3 is 24.7 Å². The van der Waals surface area contributed by atoms with E-state index in [1.54, 1.807) is 42.5 Å². The molecule has 1 aliphatic rings. The number of rotatable bonds is 9. The van der Waals surface area contributed by atoms with E-state index in [2.05, 4.69) is 6.07 Å². The van der Waals surface area contributed by atoms with E-state index in [4.69, 9.17) is 24.7 Å². The maximum absolute atomic E-state index is 12.8. The van der Waals surface area contributed by atoms with Gasteiger partial charge in [0, 0.05) is 11.6 Å². The minimum absolute atomic E-state index is 0.0131. The fourth-order valence-corrected chi connectivity index (χ4v) is 3.94. The molecule has 0 saturated heterocycles. The van der Waals surface area contributed by atoms with Gasteiger partial charge in [-0.05, 0) is 54.8 Å².